The topological polar surface area (TPSA) is 44.8 Å². The van der Waals surface area contributed by atoms with Gasteiger partial charge in [-0.05, 0) is 38.6 Å². The van der Waals surface area contributed by atoms with E-state index < -0.39 is 0 Å². The number of amides is 1. The lowest BCUT2D eigenvalue weighted by Crippen LogP contribution is -2.46. The Morgan fingerprint density at radius 1 is 1.30 bits per heavy atom. The summed E-state index contributed by atoms with van der Waals surface area (Å²) in [4.78, 5) is 16.7. The number of piperidine rings is 1. The van der Waals surface area contributed by atoms with Crippen molar-refractivity contribution in [2.24, 2.45) is 0 Å². The van der Waals surface area contributed by atoms with E-state index >= 15 is 0 Å². The lowest BCUT2D eigenvalue weighted by molar-refractivity contribution is -0.133. The largest absolute Gasteiger partial charge is 0.383 e. The Kier molecular flexibility index (Phi) is 6.76. The first-order valence-corrected chi connectivity index (χ1v) is 8.02. The molecule has 1 N–H and O–H groups in total. The van der Waals surface area contributed by atoms with Crippen LogP contribution in [0.1, 0.15) is 32.1 Å². The maximum Gasteiger partial charge on any atom is 0.236 e. The van der Waals surface area contributed by atoms with Crippen LogP contribution in [0.4, 0.5) is 0 Å². The van der Waals surface area contributed by atoms with E-state index in [1.165, 1.54) is 19.3 Å². The summed E-state index contributed by atoms with van der Waals surface area (Å²) in [7, 11) is 1.72. The second-order valence-corrected chi connectivity index (χ2v) is 5.96. The van der Waals surface area contributed by atoms with Crippen LogP contribution in [0, 0.1) is 0 Å². The van der Waals surface area contributed by atoms with Gasteiger partial charge in [-0.3, -0.25) is 9.69 Å². The Morgan fingerprint density at radius 3 is 2.75 bits per heavy atom. The van der Waals surface area contributed by atoms with Crippen LogP contribution < -0.4 is 5.32 Å². The minimum absolute atomic E-state index is 0.291. The highest BCUT2D eigenvalue weighted by molar-refractivity contribution is 5.78. The molecule has 0 bridgehead atoms. The monoisotopic (exact) mass is 283 g/mol. The zero-order chi connectivity index (χ0) is 14.2. The summed E-state index contributed by atoms with van der Waals surface area (Å²) in [6.45, 7) is 6.04. The van der Waals surface area contributed by atoms with Crippen LogP contribution in [-0.4, -0.2) is 74.7 Å². The third-order valence-electron chi connectivity index (χ3n) is 4.32. The van der Waals surface area contributed by atoms with E-state index in [-0.39, 0.29) is 0 Å². The van der Waals surface area contributed by atoms with Crippen LogP contribution >= 0.6 is 0 Å². The lowest BCUT2D eigenvalue weighted by atomic mass is 10.1. The van der Waals surface area contributed by atoms with E-state index in [0.717, 1.165) is 45.6 Å². The van der Waals surface area contributed by atoms with Crippen LogP contribution in [0.15, 0.2) is 0 Å². The van der Waals surface area contributed by atoms with Gasteiger partial charge >= 0.3 is 0 Å². The Balaban J connectivity index is 1.79. The molecule has 1 unspecified atom stereocenters. The fourth-order valence-electron chi connectivity index (χ4n) is 3.11. The van der Waals surface area contributed by atoms with Crippen molar-refractivity contribution >= 4 is 5.91 Å². The van der Waals surface area contributed by atoms with Crippen molar-refractivity contribution in [3.63, 3.8) is 0 Å². The minimum Gasteiger partial charge on any atom is -0.383 e. The molecule has 0 aromatic rings. The SMILES string of the molecule is COCCN(CC(=O)N1CCCCC1)CC1CCCN1. The molecule has 2 aliphatic rings. The number of rotatable bonds is 7. The zero-order valence-corrected chi connectivity index (χ0v) is 12.8. The van der Waals surface area contributed by atoms with Crippen molar-refractivity contribution in [1.29, 1.82) is 0 Å². The molecule has 2 saturated heterocycles. The van der Waals surface area contributed by atoms with E-state index in [1.54, 1.807) is 7.11 Å². The normalized spacial score (nSPS) is 23.5. The number of methoxy groups -OCH3 is 1. The Morgan fingerprint density at radius 2 is 2.10 bits per heavy atom. The molecule has 2 rings (SSSR count). The Hall–Kier alpha value is -0.650. The molecule has 0 aromatic heterocycles. The predicted molar refractivity (Wildman–Crippen MR) is 79.8 cm³/mol. The summed E-state index contributed by atoms with van der Waals surface area (Å²) in [5.41, 5.74) is 0. The van der Waals surface area contributed by atoms with Gasteiger partial charge in [0.2, 0.25) is 5.91 Å². The van der Waals surface area contributed by atoms with E-state index in [0.29, 0.717) is 25.1 Å². The summed E-state index contributed by atoms with van der Waals surface area (Å²) >= 11 is 0. The molecule has 0 spiro atoms. The highest BCUT2D eigenvalue weighted by Gasteiger charge is 2.22. The molecule has 5 heteroatoms. The number of hydrogen-bond donors (Lipinski definition) is 1. The van der Waals surface area contributed by atoms with Gasteiger partial charge in [0.1, 0.15) is 0 Å². The fourth-order valence-corrected chi connectivity index (χ4v) is 3.11. The van der Waals surface area contributed by atoms with Crippen molar-refractivity contribution in [1.82, 2.24) is 15.1 Å². The number of nitrogens with zero attached hydrogens (tertiary/aromatic N) is 2. The summed E-state index contributed by atoms with van der Waals surface area (Å²) in [6, 6.07) is 0.543. The Bertz CT molecular complexity index is 287. The van der Waals surface area contributed by atoms with Crippen LogP contribution in [0.2, 0.25) is 0 Å². The average Bonchev–Trinajstić information content (AvgIpc) is 2.98. The highest BCUT2D eigenvalue weighted by atomic mass is 16.5. The summed E-state index contributed by atoms with van der Waals surface area (Å²) < 4.78 is 5.18. The summed E-state index contributed by atoms with van der Waals surface area (Å²) in [6.07, 6.45) is 6.06. The van der Waals surface area contributed by atoms with Crippen molar-refractivity contribution in [3.8, 4) is 0 Å². The molecule has 1 amide bonds. The smallest absolute Gasteiger partial charge is 0.236 e. The first-order chi connectivity index (χ1) is 9.79. The molecule has 1 atom stereocenters. The van der Waals surface area contributed by atoms with Crippen LogP contribution in [0.3, 0.4) is 0 Å². The molecule has 0 saturated carbocycles. The molecule has 2 aliphatic heterocycles. The summed E-state index contributed by atoms with van der Waals surface area (Å²) in [5.74, 6) is 0.291. The molecule has 116 valence electrons. The van der Waals surface area contributed by atoms with Gasteiger partial charge < -0.3 is 15.0 Å². The molecule has 0 aliphatic carbocycles. The molecule has 2 fully saturated rings. The minimum atomic E-state index is 0.291. The van der Waals surface area contributed by atoms with E-state index in [2.05, 4.69) is 10.2 Å². The lowest BCUT2D eigenvalue weighted by Gasteiger charge is -2.31. The molecular weight excluding hydrogens is 254 g/mol. The molecular formula is C15H29N3O2. The first-order valence-electron chi connectivity index (χ1n) is 8.02. The number of carbonyl (C=O) groups is 1. The summed E-state index contributed by atoms with van der Waals surface area (Å²) in [5, 5.41) is 3.51. The highest BCUT2D eigenvalue weighted by Crippen LogP contribution is 2.11. The quantitative estimate of drug-likeness (QED) is 0.747. The van der Waals surface area contributed by atoms with E-state index in [9.17, 15) is 4.79 Å². The van der Waals surface area contributed by atoms with Gasteiger partial charge in [-0.25, -0.2) is 0 Å². The standard InChI is InChI=1S/C15H29N3O2/c1-20-11-10-17(12-14-6-5-7-16-14)13-15(19)18-8-3-2-4-9-18/h14,16H,2-13H2,1H3. The third kappa shape index (κ3) is 5.04. The van der Waals surface area contributed by atoms with Crippen LogP contribution in [-0.2, 0) is 9.53 Å². The molecule has 20 heavy (non-hydrogen) atoms. The van der Waals surface area contributed by atoms with E-state index in [4.69, 9.17) is 4.74 Å². The second-order valence-electron chi connectivity index (χ2n) is 5.96. The van der Waals surface area contributed by atoms with Crippen LogP contribution in [0.25, 0.3) is 0 Å². The fraction of sp³-hybridized carbons (Fsp3) is 0.933. The first kappa shape index (κ1) is 15.7. The number of ether oxygens (including phenoxy) is 1. The van der Waals surface area contributed by atoms with Crippen molar-refractivity contribution < 1.29 is 9.53 Å². The predicted octanol–water partition coefficient (Wildman–Crippen LogP) is 0.699. The third-order valence-corrected chi connectivity index (χ3v) is 4.32. The molecule has 5 nitrogen and oxygen atoms in total. The maximum atomic E-state index is 12.4. The van der Waals surface area contributed by atoms with Crippen LogP contribution in [0.5, 0.6) is 0 Å². The van der Waals surface area contributed by atoms with Gasteiger partial charge in [-0.1, -0.05) is 0 Å². The number of hydrogen-bond acceptors (Lipinski definition) is 4. The maximum absolute atomic E-state index is 12.4. The zero-order valence-electron chi connectivity index (χ0n) is 12.8. The average molecular weight is 283 g/mol. The molecule has 2 heterocycles. The van der Waals surface area contributed by atoms with Gasteiger partial charge in [0, 0.05) is 39.3 Å². The second kappa shape index (κ2) is 8.60. The molecule has 0 aromatic carbocycles. The Labute approximate surface area is 122 Å². The van der Waals surface area contributed by atoms with Crippen molar-refractivity contribution in [2.75, 3.05) is 53.0 Å². The number of likely N-dealkylation sites (tertiary alicyclic amines) is 1. The van der Waals surface area contributed by atoms with Gasteiger partial charge in [0.15, 0.2) is 0 Å². The number of carbonyl (C=O) groups excluding carboxylic acids is 1. The van der Waals surface area contributed by atoms with Gasteiger partial charge in [0.25, 0.3) is 0 Å². The van der Waals surface area contributed by atoms with Crippen molar-refractivity contribution in [2.45, 2.75) is 38.1 Å². The van der Waals surface area contributed by atoms with E-state index in [1.807, 2.05) is 4.90 Å². The van der Waals surface area contributed by atoms with Crippen molar-refractivity contribution in [3.05, 3.63) is 0 Å². The van der Waals surface area contributed by atoms with Gasteiger partial charge in [-0.15, -0.1) is 0 Å². The number of nitrogens with one attached hydrogen (secondary N) is 1. The molecule has 0 radical (unpaired) electrons. The van der Waals surface area contributed by atoms with Gasteiger partial charge in [0.05, 0.1) is 13.2 Å². The van der Waals surface area contributed by atoms with Gasteiger partial charge in [-0.2, -0.15) is 0 Å².